The largest absolute Gasteiger partial charge is 0.497 e. The van der Waals surface area contributed by atoms with Gasteiger partial charge in [0, 0.05) is 12.6 Å². The molecular weight excluding hydrogens is 419 g/mol. The number of ether oxygens (including phenoxy) is 1. The smallest absolute Gasteiger partial charge is 0.247 e. The summed E-state index contributed by atoms with van der Waals surface area (Å²) in [5.74, 6) is -0.672. The molecule has 1 fully saturated rings. The number of amides is 2. The summed E-state index contributed by atoms with van der Waals surface area (Å²) in [4.78, 5) is 27.7. The lowest BCUT2D eigenvalue weighted by Gasteiger charge is -2.33. The van der Waals surface area contributed by atoms with E-state index in [2.05, 4.69) is 5.32 Å². The molecule has 0 unspecified atom stereocenters. The van der Waals surface area contributed by atoms with Gasteiger partial charge in [-0.25, -0.2) is 4.39 Å². The van der Waals surface area contributed by atoms with Gasteiger partial charge >= 0.3 is 0 Å². The first-order valence-corrected chi connectivity index (χ1v) is 11.1. The van der Waals surface area contributed by atoms with Crippen LogP contribution in [-0.4, -0.2) is 35.7 Å². The lowest BCUT2D eigenvalue weighted by atomic mass is 9.94. The Morgan fingerprint density at radius 1 is 1.16 bits per heavy atom. The van der Waals surface area contributed by atoms with Gasteiger partial charge in [-0.3, -0.25) is 9.59 Å². The fourth-order valence-corrected chi connectivity index (χ4v) is 4.17. The van der Waals surface area contributed by atoms with Crippen LogP contribution in [-0.2, 0) is 16.1 Å². The number of nitrogens with zero attached hydrogens (tertiary/aromatic N) is 1. The Hall–Kier alpha value is -2.60. The number of methoxy groups -OCH3 is 1. The molecule has 3 rings (SSSR count). The zero-order chi connectivity index (χ0) is 22.2. The highest BCUT2D eigenvalue weighted by molar-refractivity contribution is 6.27. The topological polar surface area (TPSA) is 58.6 Å². The molecule has 0 radical (unpaired) electrons. The molecule has 2 aromatic rings. The van der Waals surface area contributed by atoms with E-state index >= 15 is 0 Å². The average molecular weight is 447 g/mol. The van der Waals surface area contributed by atoms with Crippen LogP contribution in [0.2, 0.25) is 0 Å². The predicted octanol–water partition coefficient (Wildman–Crippen LogP) is 4.59. The minimum absolute atomic E-state index is 0.0778. The molecule has 0 spiro atoms. The average Bonchev–Trinajstić information content (AvgIpc) is 2.80. The van der Waals surface area contributed by atoms with Gasteiger partial charge in [-0.2, -0.15) is 0 Å². The third-order valence-corrected chi connectivity index (χ3v) is 5.85. The van der Waals surface area contributed by atoms with Crippen molar-refractivity contribution in [2.75, 3.05) is 13.0 Å². The maximum absolute atomic E-state index is 13.6. The number of hydrogen-bond donors (Lipinski definition) is 1. The molecule has 0 aromatic heterocycles. The summed E-state index contributed by atoms with van der Waals surface area (Å²) in [5.41, 5.74) is 1.34. The van der Waals surface area contributed by atoms with Gasteiger partial charge in [-0.15, -0.1) is 11.6 Å². The molecule has 1 aliphatic rings. The molecule has 0 saturated heterocycles. The fourth-order valence-electron chi connectivity index (χ4n) is 4.01. The van der Waals surface area contributed by atoms with Crippen LogP contribution < -0.4 is 10.1 Å². The standard InChI is InChI=1S/C24H28ClFN2O3/c1-31-21-9-5-6-17(14-21)16-28(22(29)15-25)23(18-10-12-19(26)13-11-18)24(30)27-20-7-3-2-4-8-20/h5-6,9-14,20,23H,2-4,7-8,15-16H2,1H3,(H,27,30)/t23-/m1/s1. The van der Waals surface area contributed by atoms with Crippen molar-refractivity contribution >= 4 is 23.4 Å². The van der Waals surface area contributed by atoms with Gasteiger partial charge in [-0.1, -0.05) is 43.5 Å². The molecule has 5 nitrogen and oxygen atoms in total. The summed E-state index contributed by atoms with van der Waals surface area (Å²) < 4.78 is 18.8. The summed E-state index contributed by atoms with van der Waals surface area (Å²) in [7, 11) is 1.57. The van der Waals surface area contributed by atoms with Crippen LogP contribution in [0.5, 0.6) is 5.75 Å². The van der Waals surface area contributed by atoms with Crippen molar-refractivity contribution in [2.45, 2.75) is 50.7 Å². The quantitative estimate of drug-likeness (QED) is 0.603. The summed E-state index contributed by atoms with van der Waals surface area (Å²) in [6.07, 6.45) is 5.14. The second-order valence-electron chi connectivity index (χ2n) is 7.80. The van der Waals surface area contributed by atoms with Crippen LogP contribution >= 0.6 is 11.6 Å². The first-order chi connectivity index (χ1) is 15.0. The van der Waals surface area contributed by atoms with E-state index in [-0.39, 0.29) is 30.3 Å². The molecule has 2 amide bonds. The lowest BCUT2D eigenvalue weighted by molar-refractivity contribution is -0.140. The van der Waals surface area contributed by atoms with E-state index in [4.69, 9.17) is 16.3 Å². The molecule has 0 aliphatic heterocycles. The number of hydrogen-bond acceptors (Lipinski definition) is 3. The number of benzene rings is 2. The maximum atomic E-state index is 13.6. The van der Waals surface area contributed by atoms with Gasteiger partial charge in [0.2, 0.25) is 11.8 Å². The number of halogens is 2. The first-order valence-electron chi connectivity index (χ1n) is 10.6. The number of alkyl halides is 1. The molecule has 31 heavy (non-hydrogen) atoms. The second-order valence-corrected chi connectivity index (χ2v) is 8.07. The van der Waals surface area contributed by atoms with Crippen LogP contribution in [0.4, 0.5) is 4.39 Å². The van der Waals surface area contributed by atoms with Crippen LogP contribution in [0.3, 0.4) is 0 Å². The van der Waals surface area contributed by atoms with E-state index in [0.717, 1.165) is 31.2 Å². The van der Waals surface area contributed by atoms with Crippen molar-refractivity contribution in [3.05, 3.63) is 65.5 Å². The van der Waals surface area contributed by atoms with Crippen molar-refractivity contribution in [1.82, 2.24) is 10.2 Å². The lowest BCUT2D eigenvalue weighted by Crippen LogP contribution is -2.47. The summed E-state index contributed by atoms with van der Waals surface area (Å²) in [6, 6.07) is 12.1. The monoisotopic (exact) mass is 446 g/mol. The predicted molar refractivity (Wildman–Crippen MR) is 118 cm³/mol. The maximum Gasteiger partial charge on any atom is 0.247 e. The third-order valence-electron chi connectivity index (χ3n) is 5.62. The Bertz CT molecular complexity index is 885. The summed E-state index contributed by atoms with van der Waals surface area (Å²) >= 11 is 5.92. The molecule has 1 N–H and O–H groups in total. The van der Waals surface area contributed by atoms with Gasteiger partial charge in [0.05, 0.1) is 7.11 Å². The Labute approximate surface area is 187 Å². The Balaban J connectivity index is 1.94. The van der Waals surface area contributed by atoms with E-state index in [0.29, 0.717) is 11.3 Å². The zero-order valence-corrected chi connectivity index (χ0v) is 18.4. The van der Waals surface area contributed by atoms with Gasteiger partial charge in [0.15, 0.2) is 0 Å². The highest BCUT2D eigenvalue weighted by Gasteiger charge is 2.32. The van der Waals surface area contributed by atoms with Gasteiger partial charge in [0.25, 0.3) is 0 Å². The molecule has 1 atom stereocenters. The number of carbonyl (C=O) groups is 2. The zero-order valence-electron chi connectivity index (χ0n) is 17.7. The Morgan fingerprint density at radius 3 is 2.52 bits per heavy atom. The molecule has 0 heterocycles. The van der Waals surface area contributed by atoms with Crippen LogP contribution in [0, 0.1) is 5.82 Å². The molecule has 1 saturated carbocycles. The van der Waals surface area contributed by atoms with Crippen molar-refractivity contribution in [3.63, 3.8) is 0 Å². The van der Waals surface area contributed by atoms with Crippen LogP contribution in [0.15, 0.2) is 48.5 Å². The first kappa shape index (κ1) is 23.1. The molecule has 0 bridgehead atoms. The van der Waals surface area contributed by atoms with Gasteiger partial charge < -0.3 is 15.0 Å². The van der Waals surface area contributed by atoms with Crippen molar-refractivity contribution in [2.24, 2.45) is 0 Å². The van der Waals surface area contributed by atoms with Crippen molar-refractivity contribution < 1.29 is 18.7 Å². The van der Waals surface area contributed by atoms with Crippen LogP contribution in [0.1, 0.15) is 49.3 Å². The van der Waals surface area contributed by atoms with E-state index in [1.54, 1.807) is 19.2 Å². The Morgan fingerprint density at radius 2 is 1.87 bits per heavy atom. The number of rotatable bonds is 8. The van der Waals surface area contributed by atoms with E-state index in [1.165, 1.54) is 23.5 Å². The molecular formula is C24H28ClFN2O3. The minimum Gasteiger partial charge on any atom is -0.497 e. The highest BCUT2D eigenvalue weighted by atomic mass is 35.5. The molecule has 7 heteroatoms. The molecule has 2 aromatic carbocycles. The molecule has 1 aliphatic carbocycles. The van der Waals surface area contributed by atoms with E-state index in [9.17, 15) is 14.0 Å². The van der Waals surface area contributed by atoms with Gasteiger partial charge in [-0.05, 0) is 48.2 Å². The van der Waals surface area contributed by atoms with Crippen LogP contribution in [0.25, 0.3) is 0 Å². The van der Waals surface area contributed by atoms with Crippen molar-refractivity contribution in [3.8, 4) is 5.75 Å². The fraction of sp³-hybridized carbons (Fsp3) is 0.417. The SMILES string of the molecule is COc1cccc(CN(C(=O)CCl)[C@@H](C(=O)NC2CCCCC2)c2ccc(F)cc2)c1. The number of carbonyl (C=O) groups excluding carboxylic acids is 2. The van der Waals surface area contributed by atoms with E-state index in [1.807, 2.05) is 24.3 Å². The third kappa shape index (κ3) is 6.20. The number of nitrogens with one attached hydrogen (secondary N) is 1. The highest BCUT2D eigenvalue weighted by Crippen LogP contribution is 2.27. The van der Waals surface area contributed by atoms with Gasteiger partial charge in [0.1, 0.15) is 23.5 Å². The summed E-state index contributed by atoms with van der Waals surface area (Å²) in [5, 5.41) is 3.11. The van der Waals surface area contributed by atoms with Crippen molar-refractivity contribution in [1.29, 1.82) is 0 Å². The summed E-state index contributed by atoms with van der Waals surface area (Å²) in [6.45, 7) is 0.170. The Kier molecular flexibility index (Phi) is 8.29. The second kappa shape index (κ2) is 11.1. The van der Waals surface area contributed by atoms with E-state index < -0.39 is 11.9 Å². The minimum atomic E-state index is -0.917. The normalized spacial score (nSPS) is 15.2. The molecule has 166 valence electrons.